The van der Waals surface area contributed by atoms with Crippen molar-refractivity contribution in [3.8, 4) is 22.7 Å². The van der Waals surface area contributed by atoms with Gasteiger partial charge in [0.1, 0.15) is 5.75 Å². The third-order valence-electron chi connectivity index (χ3n) is 5.43. The van der Waals surface area contributed by atoms with Crippen molar-refractivity contribution in [1.82, 2.24) is 13.7 Å². The summed E-state index contributed by atoms with van der Waals surface area (Å²) in [6.07, 6.45) is 2.81. The minimum Gasteiger partial charge on any atom is -0.497 e. The third-order valence-corrected chi connectivity index (χ3v) is 5.43. The Morgan fingerprint density at radius 2 is 1.55 bits per heavy atom. The van der Waals surface area contributed by atoms with Gasteiger partial charge in [-0.25, -0.2) is 4.79 Å². The highest BCUT2D eigenvalue weighted by molar-refractivity contribution is 5.94. The molecule has 0 spiro atoms. The highest BCUT2D eigenvalue weighted by Crippen LogP contribution is 2.32. The summed E-state index contributed by atoms with van der Waals surface area (Å²) < 4.78 is 9.92. The van der Waals surface area contributed by atoms with Gasteiger partial charge in [-0.3, -0.25) is 13.9 Å². The molecule has 6 nitrogen and oxygen atoms in total. The first kappa shape index (κ1) is 18.8. The number of hydrogen-bond donors (Lipinski definition) is 0. The van der Waals surface area contributed by atoms with Crippen LogP contribution in [-0.2, 0) is 20.5 Å². The Bertz CT molecular complexity index is 1310. The fourth-order valence-corrected chi connectivity index (χ4v) is 3.67. The van der Waals surface area contributed by atoms with Crippen molar-refractivity contribution < 1.29 is 4.74 Å². The lowest BCUT2D eigenvalue weighted by molar-refractivity contribution is 0.415. The van der Waals surface area contributed by atoms with E-state index in [-0.39, 0.29) is 11.2 Å². The van der Waals surface area contributed by atoms with E-state index in [1.54, 1.807) is 14.2 Å². The van der Waals surface area contributed by atoms with E-state index < -0.39 is 0 Å². The number of aromatic nitrogens is 3. The molecule has 6 heteroatoms. The average Bonchev–Trinajstić information content (AvgIpc) is 3.17. The topological polar surface area (TPSA) is 58.2 Å². The highest BCUT2D eigenvalue weighted by Gasteiger charge is 2.20. The van der Waals surface area contributed by atoms with Crippen molar-refractivity contribution in [1.29, 1.82) is 0 Å². The molecule has 4 aromatic rings. The molecule has 0 saturated heterocycles. The van der Waals surface area contributed by atoms with Gasteiger partial charge in [-0.1, -0.05) is 19.1 Å². The molecule has 0 N–H and O–H groups in total. The lowest BCUT2D eigenvalue weighted by Crippen LogP contribution is -2.36. The van der Waals surface area contributed by atoms with Gasteiger partial charge in [0.2, 0.25) is 0 Å². The molecule has 148 valence electrons. The van der Waals surface area contributed by atoms with E-state index in [9.17, 15) is 9.59 Å². The standard InChI is InChI=1S/C23H23N3O3/c1-5-15-6-10-17(11-7-15)26-14-19-20(22(27)25(3)23(28)24(19)2)21(26)16-8-12-18(29-4)13-9-16/h6-14H,5H2,1-4H3. The smallest absolute Gasteiger partial charge is 0.330 e. The van der Waals surface area contributed by atoms with Crippen molar-refractivity contribution in [2.45, 2.75) is 13.3 Å². The van der Waals surface area contributed by atoms with Crippen molar-refractivity contribution in [2.75, 3.05) is 7.11 Å². The lowest BCUT2D eigenvalue weighted by Gasteiger charge is -2.11. The molecule has 0 amide bonds. The molecule has 4 rings (SSSR count). The van der Waals surface area contributed by atoms with E-state index in [0.29, 0.717) is 10.9 Å². The van der Waals surface area contributed by atoms with E-state index in [1.807, 2.05) is 47.2 Å². The molecule has 0 radical (unpaired) electrons. The second-order valence-electron chi connectivity index (χ2n) is 7.06. The monoisotopic (exact) mass is 389 g/mol. The molecule has 0 aliphatic rings. The summed E-state index contributed by atoms with van der Waals surface area (Å²) >= 11 is 0. The van der Waals surface area contributed by atoms with Crippen LogP contribution in [0.25, 0.3) is 27.8 Å². The van der Waals surface area contributed by atoms with Crippen LogP contribution in [0.3, 0.4) is 0 Å². The first-order chi connectivity index (χ1) is 14.0. The summed E-state index contributed by atoms with van der Waals surface area (Å²) in [5.41, 5.74) is 3.74. The summed E-state index contributed by atoms with van der Waals surface area (Å²) in [7, 11) is 4.82. The molecule has 0 saturated carbocycles. The van der Waals surface area contributed by atoms with Gasteiger partial charge in [0.25, 0.3) is 5.56 Å². The van der Waals surface area contributed by atoms with Gasteiger partial charge >= 0.3 is 5.69 Å². The molecule has 0 fully saturated rings. The third kappa shape index (κ3) is 2.97. The number of benzene rings is 2. The molecule has 0 bridgehead atoms. The van der Waals surface area contributed by atoms with Gasteiger partial charge in [0.15, 0.2) is 0 Å². The maximum absolute atomic E-state index is 13.1. The second kappa shape index (κ2) is 7.13. The maximum Gasteiger partial charge on any atom is 0.330 e. The summed E-state index contributed by atoms with van der Waals surface area (Å²) in [5, 5.41) is 0.513. The molecule has 0 aliphatic heterocycles. The first-order valence-electron chi connectivity index (χ1n) is 9.51. The molecule has 0 unspecified atom stereocenters. The van der Waals surface area contributed by atoms with Crippen molar-refractivity contribution in [3.63, 3.8) is 0 Å². The molecule has 29 heavy (non-hydrogen) atoms. The number of fused-ring (bicyclic) bond motifs is 1. The van der Waals surface area contributed by atoms with E-state index in [4.69, 9.17) is 4.74 Å². The first-order valence-corrected chi connectivity index (χ1v) is 9.51. The van der Waals surface area contributed by atoms with Gasteiger partial charge < -0.3 is 9.30 Å². The number of aryl methyl sites for hydroxylation is 2. The van der Waals surface area contributed by atoms with Crippen LogP contribution in [0.5, 0.6) is 5.75 Å². The fraction of sp³-hybridized carbons (Fsp3) is 0.217. The number of hydrogen-bond acceptors (Lipinski definition) is 3. The second-order valence-corrected chi connectivity index (χ2v) is 7.06. The number of methoxy groups -OCH3 is 1. The van der Waals surface area contributed by atoms with Crippen LogP contribution in [0.15, 0.2) is 64.3 Å². The number of ether oxygens (including phenoxy) is 1. The van der Waals surface area contributed by atoms with E-state index in [2.05, 4.69) is 19.1 Å². The predicted octanol–water partition coefficient (Wildman–Crippen LogP) is 3.27. The number of rotatable bonds is 4. The molecule has 0 atom stereocenters. The van der Waals surface area contributed by atoms with Crippen LogP contribution in [0.2, 0.25) is 0 Å². The van der Waals surface area contributed by atoms with Crippen LogP contribution < -0.4 is 16.0 Å². The van der Waals surface area contributed by atoms with E-state index >= 15 is 0 Å². The Morgan fingerprint density at radius 1 is 0.897 bits per heavy atom. The minimum atomic E-state index is -0.345. The summed E-state index contributed by atoms with van der Waals surface area (Å²) in [6, 6.07) is 15.8. The zero-order chi connectivity index (χ0) is 20.7. The van der Waals surface area contributed by atoms with Gasteiger partial charge in [0, 0.05) is 26.0 Å². The van der Waals surface area contributed by atoms with Crippen molar-refractivity contribution in [2.24, 2.45) is 14.1 Å². The van der Waals surface area contributed by atoms with Gasteiger partial charge in [0.05, 0.1) is 23.7 Å². The summed E-state index contributed by atoms with van der Waals surface area (Å²) in [4.78, 5) is 25.5. The molecule has 0 aliphatic carbocycles. The SMILES string of the molecule is CCc1ccc(-n2cc3c(c2-c2ccc(OC)cc2)c(=O)n(C)c(=O)n3C)cc1. The Kier molecular flexibility index (Phi) is 4.62. The zero-order valence-electron chi connectivity index (χ0n) is 17.0. The molecule has 2 heterocycles. The van der Waals surface area contributed by atoms with Crippen molar-refractivity contribution >= 4 is 10.9 Å². The van der Waals surface area contributed by atoms with Crippen LogP contribution in [-0.4, -0.2) is 20.8 Å². The largest absolute Gasteiger partial charge is 0.497 e. The normalized spacial score (nSPS) is 11.2. The van der Waals surface area contributed by atoms with Crippen LogP contribution in [0, 0.1) is 0 Å². The Balaban J connectivity index is 2.11. The van der Waals surface area contributed by atoms with Gasteiger partial charge in [-0.05, 0) is 53.9 Å². The number of nitrogens with zero attached hydrogens (tertiary/aromatic N) is 3. The van der Waals surface area contributed by atoms with Gasteiger partial charge in [-0.15, -0.1) is 0 Å². The summed E-state index contributed by atoms with van der Waals surface area (Å²) in [6.45, 7) is 2.11. The Morgan fingerprint density at radius 3 is 2.14 bits per heavy atom. The predicted molar refractivity (Wildman–Crippen MR) is 115 cm³/mol. The fourth-order valence-electron chi connectivity index (χ4n) is 3.67. The minimum absolute atomic E-state index is 0.308. The van der Waals surface area contributed by atoms with E-state index in [1.165, 1.54) is 17.2 Å². The molecule has 2 aromatic heterocycles. The summed E-state index contributed by atoms with van der Waals surface area (Å²) in [5.74, 6) is 0.740. The maximum atomic E-state index is 13.1. The Hall–Kier alpha value is -3.54. The van der Waals surface area contributed by atoms with Crippen molar-refractivity contribution in [3.05, 3.63) is 81.1 Å². The quantitative estimate of drug-likeness (QED) is 0.538. The highest BCUT2D eigenvalue weighted by atomic mass is 16.5. The van der Waals surface area contributed by atoms with Gasteiger partial charge in [-0.2, -0.15) is 0 Å². The van der Waals surface area contributed by atoms with Crippen LogP contribution in [0.1, 0.15) is 12.5 Å². The average molecular weight is 389 g/mol. The zero-order valence-corrected chi connectivity index (χ0v) is 17.0. The van der Waals surface area contributed by atoms with E-state index in [0.717, 1.165) is 33.7 Å². The van der Waals surface area contributed by atoms with Crippen LogP contribution in [0.4, 0.5) is 0 Å². The lowest BCUT2D eigenvalue weighted by atomic mass is 10.1. The van der Waals surface area contributed by atoms with Crippen LogP contribution >= 0.6 is 0 Å². The molecule has 2 aromatic carbocycles. The molecular formula is C23H23N3O3. The Labute approximate surface area is 168 Å². The molecular weight excluding hydrogens is 366 g/mol.